The highest BCUT2D eigenvalue weighted by Crippen LogP contribution is 2.28. The summed E-state index contributed by atoms with van der Waals surface area (Å²) in [6.45, 7) is 7.30. The Labute approximate surface area is 184 Å². The van der Waals surface area contributed by atoms with Crippen LogP contribution < -0.4 is 15.1 Å². The van der Waals surface area contributed by atoms with Crippen LogP contribution in [0, 0.1) is 0 Å². The smallest absolute Gasteiger partial charge is 0.410 e. The van der Waals surface area contributed by atoms with E-state index in [4.69, 9.17) is 4.74 Å². The SMILES string of the molecule is CN(C(=O)OC(C)(C)C)C1CCN(c2cccc(N(C)C3CCC(=O)NC3=O)c2)CC1. The van der Waals surface area contributed by atoms with E-state index in [1.807, 2.05) is 51.9 Å². The lowest BCUT2D eigenvalue weighted by molar-refractivity contribution is -0.134. The molecular formula is C23H34N4O4. The van der Waals surface area contributed by atoms with Crippen LogP contribution in [0.5, 0.6) is 0 Å². The summed E-state index contributed by atoms with van der Waals surface area (Å²) in [5, 5.41) is 2.42. The molecule has 0 radical (unpaired) electrons. The lowest BCUT2D eigenvalue weighted by Crippen LogP contribution is -2.51. The molecule has 2 fully saturated rings. The van der Waals surface area contributed by atoms with Crippen LogP contribution in [0.1, 0.15) is 46.5 Å². The molecule has 2 heterocycles. The molecule has 0 aromatic heterocycles. The quantitative estimate of drug-likeness (QED) is 0.740. The van der Waals surface area contributed by atoms with Crippen molar-refractivity contribution in [3.63, 3.8) is 0 Å². The molecule has 31 heavy (non-hydrogen) atoms. The number of carbonyl (C=O) groups is 3. The number of hydrogen-bond donors (Lipinski definition) is 1. The van der Waals surface area contributed by atoms with Gasteiger partial charge in [-0.15, -0.1) is 0 Å². The fourth-order valence-corrected chi connectivity index (χ4v) is 4.14. The van der Waals surface area contributed by atoms with Crippen molar-refractivity contribution in [2.24, 2.45) is 0 Å². The second-order valence-corrected chi connectivity index (χ2v) is 9.41. The van der Waals surface area contributed by atoms with Gasteiger partial charge in [0, 0.05) is 51.0 Å². The van der Waals surface area contributed by atoms with Gasteiger partial charge < -0.3 is 19.4 Å². The molecule has 1 N–H and O–H groups in total. The largest absolute Gasteiger partial charge is 0.444 e. The molecule has 8 nitrogen and oxygen atoms in total. The molecule has 2 aliphatic rings. The minimum absolute atomic E-state index is 0.153. The zero-order valence-corrected chi connectivity index (χ0v) is 19.2. The average molecular weight is 431 g/mol. The molecule has 2 aliphatic heterocycles. The number of likely N-dealkylation sites (N-methyl/N-ethyl adjacent to an activating group) is 1. The third kappa shape index (κ3) is 5.68. The van der Waals surface area contributed by atoms with Crippen molar-refractivity contribution in [3.8, 4) is 0 Å². The maximum absolute atomic E-state index is 12.4. The van der Waals surface area contributed by atoms with E-state index in [0.29, 0.717) is 12.8 Å². The van der Waals surface area contributed by atoms with Crippen molar-refractivity contribution in [1.29, 1.82) is 0 Å². The van der Waals surface area contributed by atoms with Gasteiger partial charge in [-0.3, -0.25) is 14.9 Å². The van der Waals surface area contributed by atoms with E-state index in [1.165, 1.54) is 0 Å². The summed E-state index contributed by atoms with van der Waals surface area (Å²) in [7, 11) is 3.70. The summed E-state index contributed by atoms with van der Waals surface area (Å²) in [6.07, 6.45) is 2.33. The van der Waals surface area contributed by atoms with E-state index >= 15 is 0 Å². The van der Waals surface area contributed by atoms with Crippen molar-refractivity contribution in [2.75, 3.05) is 37.0 Å². The minimum atomic E-state index is -0.499. The van der Waals surface area contributed by atoms with E-state index in [2.05, 4.69) is 22.3 Å². The number of nitrogens with zero attached hydrogens (tertiary/aromatic N) is 3. The summed E-state index contributed by atoms with van der Waals surface area (Å²) in [5.41, 5.74) is 1.54. The van der Waals surface area contributed by atoms with Crippen LogP contribution in [-0.2, 0) is 14.3 Å². The monoisotopic (exact) mass is 430 g/mol. The van der Waals surface area contributed by atoms with Gasteiger partial charge in [0.05, 0.1) is 0 Å². The second kappa shape index (κ2) is 9.16. The number of rotatable bonds is 4. The molecular weight excluding hydrogens is 396 g/mol. The first-order valence-corrected chi connectivity index (χ1v) is 10.9. The second-order valence-electron chi connectivity index (χ2n) is 9.41. The predicted octanol–water partition coefficient (Wildman–Crippen LogP) is 2.76. The molecule has 1 atom stereocenters. The van der Waals surface area contributed by atoms with Gasteiger partial charge in [0.1, 0.15) is 11.6 Å². The van der Waals surface area contributed by atoms with Gasteiger partial charge in [-0.05, 0) is 58.2 Å². The maximum Gasteiger partial charge on any atom is 0.410 e. The Morgan fingerprint density at radius 2 is 1.81 bits per heavy atom. The fourth-order valence-electron chi connectivity index (χ4n) is 4.14. The Bertz CT molecular complexity index is 827. The topological polar surface area (TPSA) is 82.2 Å². The molecule has 3 rings (SSSR count). The summed E-state index contributed by atoms with van der Waals surface area (Å²) >= 11 is 0. The molecule has 1 aromatic carbocycles. The van der Waals surface area contributed by atoms with Crippen molar-refractivity contribution in [3.05, 3.63) is 24.3 Å². The predicted molar refractivity (Wildman–Crippen MR) is 120 cm³/mol. The highest BCUT2D eigenvalue weighted by Gasteiger charge is 2.31. The van der Waals surface area contributed by atoms with Gasteiger partial charge in [0.15, 0.2) is 0 Å². The molecule has 1 unspecified atom stereocenters. The number of nitrogens with one attached hydrogen (secondary N) is 1. The van der Waals surface area contributed by atoms with E-state index in [0.717, 1.165) is 37.3 Å². The Balaban J connectivity index is 1.61. The van der Waals surface area contributed by atoms with Crippen LogP contribution in [0.4, 0.5) is 16.2 Å². The van der Waals surface area contributed by atoms with Crippen molar-refractivity contribution < 1.29 is 19.1 Å². The number of amides is 3. The van der Waals surface area contributed by atoms with Gasteiger partial charge >= 0.3 is 6.09 Å². The van der Waals surface area contributed by atoms with Crippen LogP contribution in [0.15, 0.2) is 24.3 Å². The summed E-state index contributed by atoms with van der Waals surface area (Å²) in [4.78, 5) is 42.0. The number of benzene rings is 1. The molecule has 0 aliphatic carbocycles. The summed E-state index contributed by atoms with van der Waals surface area (Å²) in [5.74, 6) is -0.447. The van der Waals surface area contributed by atoms with Crippen LogP contribution in [0.25, 0.3) is 0 Å². The van der Waals surface area contributed by atoms with Gasteiger partial charge in [-0.25, -0.2) is 4.79 Å². The zero-order valence-electron chi connectivity index (χ0n) is 19.2. The lowest BCUT2D eigenvalue weighted by Gasteiger charge is -2.38. The number of piperidine rings is 2. The summed E-state index contributed by atoms with van der Waals surface area (Å²) in [6, 6.07) is 7.94. The van der Waals surface area contributed by atoms with E-state index in [9.17, 15) is 14.4 Å². The Kier molecular flexibility index (Phi) is 6.77. The third-order valence-electron chi connectivity index (χ3n) is 5.97. The highest BCUT2D eigenvalue weighted by molar-refractivity contribution is 6.01. The fraction of sp³-hybridized carbons (Fsp3) is 0.609. The highest BCUT2D eigenvalue weighted by atomic mass is 16.6. The molecule has 170 valence electrons. The van der Waals surface area contributed by atoms with E-state index in [-0.39, 0.29) is 30.0 Å². The van der Waals surface area contributed by atoms with Crippen LogP contribution >= 0.6 is 0 Å². The lowest BCUT2D eigenvalue weighted by atomic mass is 10.0. The van der Waals surface area contributed by atoms with Crippen LogP contribution in [0.2, 0.25) is 0 Å². The molecule has 0 saturated carbocycles. The molecule has 2 saturated heterocycles. The molecule has 8 heteroatoms. The zero-order chi connectivity index (χ0) is 22.8. The van der Waals surface area contributed by atoms with Crippen molar-refractivity contribution >= 4 is 29.3 Å². The third-order valence-corrected chi connectivity index (χ3v) is 5.97. The van der Waals surface area contributed by atoms with Crippen LogP contribution in [0.3, 0.4) is 0 Å². The normalized spacial score (nSPS) is 20.3. The van der Waals surface area contributed by atoms with Crippen molar-refractivity contribution in [2.45, 2.75) is 64.1 Å². The Hall–Kier alpha value is -2.77. The standard InChI is InChI=1S/C23H34N4O4/c1-23(2,3)31-22(30)26(5)16-11-13-27(14-12-16)18-8-6-7-17(15-18)25(4)19-9-10-20(28)24-21(19)29/h6-8,15-16,19H,9-14H2,1-5H3,(H,24,28,29). The van der Waals surface area contributed by atoms with Crippen LogP contribution in [-0.4, -0.2) is 67.7 Å². The van der Waals surface area contributed by atoms with Gasteiger partial charge in [-0.1, -0.05) is 6.07 Å². The first-order chi connectivity index (χ1) is 14.5. The van der Waals surface area contributed by atoms with Gasteiger partial charge in [0.25, 0.3) is 0 Å². The minimum Gasteiger partial charge on any atom is -0.444 e. The Morgan fingerprint density at radius 1 is 1.13 bits per heavy atom. The molecule has 0 spiro atoms. The number of carbonyl (C=O) groups excluding carboxylic acids is 3. The Morgan fingerprint density at radius 3 is 2.42 bits per heavy atom. The number of ether oxygens (including phenoxy) is 1. The van der Waals surface area contributed by atoms with Crippen molar-refractivity contribution in [1.82, 2.24) is 10.2 Å². The number of imide groups is 1. The summed E-state index contributed by atoms with van der Waals surface area (Å²) < 4.78 is 5.49. The molecule has 3 amide bonds. The first kappa shape index (κ1) is 22.9. The molecule has 1 aromatic rings. The maximum atomic E-state index is 12.4. The van der Waals surface area contributed by atoms with E-state index in [1.54, 1.807) is 4.90 Å². The van der Waals surface area contributed by atoms with Gasteiger partial charge in [0.2, 0.25) is 11.8 Å². The van der Waals surface area contributed by atoms with E-state index < -0.39 is 5.60 Å². The van der Waals surface area contributed by atoms with Gasteiger partial charge in [-0.2, -0.15) is 0 Å². The number of hydrogen-bond acceptors (Lipinski definition) is 6. The average Bonchev–Trinajstić information content (AvgIpc) is 2.72. The molecule has 0 bridgehead atoms. The first-order valence-electron chi connectivity index (χ1n) is 10.9. The number of anilines is 2.